The van der Waals surface area contributed by atoms with E-state index in [1.807, 2.05) is 31.2 Å². The number of aromatic nitrogens is 3. The van der Waals surface area contributed by atoms with Crippen molar-refractivity contribution in [2.45, 2.75) is 43.6 Å². The maximum atomic E-state index is 12.9. The van der Waals surface area contributed by atoms with Crippen LogP contribution in [0.25, 0.3) is 0 Å². The molecular formula is C22H24N4O3S. The maximum Gasteiger partial charge on any atom is 0.338 e. The first kappa shape index (κ1) is 20.3. The number of esters is 1. The number of allylic oxidation sites excluding steroid dienone is 1. The van der Waals surface area contributed by atoms with Gasteiger partial charge in [-0.05, 0) is 31.0 Å². The summed E-state index contributed by atoms with van der Waals surface area (Å²) in [4.78, 5) is 17.5. The highest BCUT2D eigenvalue weighted by molar-refractivity contribution is 7.98. The number of rotatable bonds is 8. The van der Waals surface area contributed by atoms with Crippen LogP contribution in [0.5, 0.6) is 0 Å². The van der Waals surface area contributed by atoms with Gasteiger partial charge in [0, 0.05) is 11.4 Å². The smallest absolute Gasteiger partial charge is 0.338 e. The van der Waals surface area contributed by atoms with Crippen molar-refractivity contribution >= 4 is 23.7 Å². The monoisotopic (exact) mass is 424 g/mol. The predicted molar refractivity (Wildman–Crippen MR) is 115 cm³/mol. The van der Waals surface area contributed by atoms with Crippen molar-refractivity contribution in [3.63, 3.8) is 0 Å². The third-order valence-corrected chi connectivity index (χ3v) is 5.72. The SMILES string of the molecule is CCCCOC(=O)C1=C(C)Nc2nc(SCc3ccccc3)nn2C1c1ccco1. The van der Waals surface area contributed by atoms with E-state index in [4.69, 9.17) is 9.15 Å². The molecule has 2 aromatic heterocycles. The number of benzene rings is 1. The van der Waals surface area contributed by atoms with E-state index < -0.39 is 6.04 Å². The van der Waals surface area contributed by atoms with Gasteiger partial charge < -0.3 is 14.5 Å². The fraction of sp³-hybridized carbons (Fsp3) is 0.318. The van der Waals surface area contributed by atoms with Crippen LogP contribution in [0.2, 0.25) is 0 Å². The number of thioether (sulfide) groups is 1. The molecule has 0 saturated heterocycles. The van der Waals surface area contributed by atoms with E-state index in [0.29, 0.717) is 34.7 Å². The minimum atomic E-state index is -0.524. The molecule has 0 saturated carbocycles. The summed E-state index contributed by atoms with van der Waals surface area (Å²) < 4.78 is 12.9. The molecular weight excluding hydrogens is 400 g/mol. The summed E-state index contributed by atoms with van der Waals surface area (Å²) in [7, 11) is 0. The molecule has 1 unspecified atom stereocenters. The van der Waals surface area contributed by atoms with Crippen LogP contribution in [0.4, 0.5) is 5.95 Å². The Hall–Kier alpha value is -3.00. The first-order valence-corrected chi connectivity index (χ1v) is 11.0. The Kier molecular flexibility index (Phi) is 6.23. The van der Waals surface area contributed by atoms with E-state index in [1.165, 1.54) is 5.56 Å². The Balaban J connectivity index is 1.61. The molecule has 0 amide bonds. The van der Waals surface area contributed by atoms with Gasteiger partial charge in [0.25, 0.3) is 0 Å². The van der Waals surface area contributed by atoms with E-state index in [9.17, 15) is 4.79 Å². The molecule has 1 aliphatic heterocycles. The number of hydrogen-bond acceptors (Lipinski definition) is 7. The summed E-state index contributed by atoms with van der Waals surface area (Å²) in [6.07, 6.45) is 3.38. The van der Waals surface area contributed by atoms with Gasteiger partial charge in [0.15, 0.2) is 0 Å². The van der Waals surface area contributed by atoms with Crippen LogP contribution in [0, 0.1) is 0 Å². The summed E-state index contributed by atoms with van der Waals surface area (Å²) in [6.45, 7) is 4.29. The number of fused-ring (bicyclic) bond motifs is 1. The van der Waals surface area contributed by atoms with Gasteiger partial charge in [-0.3, -0.25) is 0 Å². The molecule has 1 N–H and O–H groups in total. The van der Waals surface area contributed by atoms with Crippen molar-refractivity contribution in [2.24, 2.45) is 0 Å². The highest BCUT2D eigenvalue weighted by atomic mass is 32.2. The fourth-order valence-corrected chi connectivity index (χ4v) is 4.06. The molecule has 7 nitrogen and oxygen atoms in total. The molecule has 3 aromatic rings. The van der Waals surface area contributed by atoms with Crippen LogP contribution >= 0.6 is 11.8 Å². The van der Waals surface area contributed by atoms with Crippen LogP contribution in [0.1, 0.15) is 44.1 Å². The molecule has 0 fully saturated rings. The van der Waals surface area contributed by atoms with Gasteiger partial charge in [0.2, 0.25) is 11.1 Å². The second kappa shape index (κ2) is 9.21. The van der Waals surface area contributed by atoms with E-state index in [0.717, 1.165) is 18.6 Å². The first-order valence-electron chi connectivity index (χ1n) is 9.99. The number of nitrogens with one attached hydrogen (secondary N) is 1. The average molecular weight is 425 g/mol. The lowest BCUT2D eigenvalue weighted by molar-refractivity contribution is -0.139. The normalized spacial score (nSPS) is 15.6. The number of carbonyl (C=O) groups is 1. The highest BCUT2D eigenvalue weighted by Crippen LogP contribution is 2.37. The minimum Gasteiger partial charge on any atom is -0.467 e. The topological polar surface area (TPSA) is 82.2 Å². The standard InChI is InChI=1S/C22H24N4O3S/c1-3-4-12-29-20(27)18-15(2)23-21-24-22(30-14-16-9-6-5-7-10-16)25-26(21)19(18)17-11-8-13-28-17/h5-11,13,19H,3-4,12,14H2,1-2H3,(H,23,24,25). The Labute approximate surface area is 179 Å². The summed E-state index contributed by atoms with van der Waals surface area (Å²) in [6, 6.07) is 13.3. The zero-order valence-electron chi connectivity index (χ0n) is 17.0. The molecule has 0 radical (unpaired) electrons. The largest absolute Gasteiger partial charge is 0.467 e. The van der Waals surface area contributed by atoms with E-state index in [1.54, 1.807) is 28.8 Å². The van der Waals surface area contributed by atoms with Crippen molar-refractivity contribution < 1.29 is 13.9 Å². The van der Waals surface area contributed by atoms with Gasteiger partial charge in [0.1, 0.15) is 11.8 Å². The zero-order chi connectivity index (χ0) is 20.9. The molecule has 8 heteroatoms. The molecule has 30 heavy (non-hydrogen) atoms. The maximum absolute atomic E-state index is 12.9. The van der Waals surface area contributed by atoms with Crippen molar-refractivity contribution in [3.05, 3.63) is 71.3 Å². The molecule has 1 atom stereocenters. The molecule has 1 aliphatic rings. The lowest BCUT2D eigenvalue weighted by Crippen LogP contribution is -2.29. The summed E-state index contributed by atoms with van der Waals surface area (Å²) in [5.41, 5.74) is 2.37. The van der Waals surface area contributed by atoms with Gasteiger partial charge in [-0.1, -0.05) is 55.4 Å². The number of ether oxygens (including phenoxy) is 1. The third kappa shape index (κ3) is 4.28. The third-order valence-electron chi connectivity index (χ3n) is 4.81. The number of furan rings is 1. The highest BCUT2D eigenvalue weighted by Gasteiger charge is 2.36. The van der Waals surface area contributed by atoms with Gasteiger partial charge >= 0.3 is 5.97 Å². The van der Waals surface area contributed by atoms with Gasteiger partial charge in [-0.2, -0.15) is 4.98 Å². The molecule has 0 aliphatic carbocycles. The molecule has 0 spiro atoms. The number of hydrogen-bond donors (Lipinski definition) is 1. The summed E-state index contributed by atoms with van der Waals surface area (Å²) in [5, 5.41) is 8.51. The van der Waals surface area contributed by atoms with E-state index in [2.05, 4.69) is 34.5 Å². The lowest BCUT2D eigenvalue weighted by Gasteiger charge is -2.26. The average Bonchev–Trinajstić information content (AvgIpc) is 3.42. The van der Waals surface area contributed by atoms with Crippen molar-refractivity contribution in [3.8, 4) is 0 Å². The first-order chi connectivity index (χ1) is 14.7. The fourth-order valence-electron chi connectivity index (χ4n) is 3.28. The van der Waals surface area contributed by atoms with Crippen LogP contribution in [-0.2, 0) is 15.3 Å². The molecule has 1 aromatic carbocycles. The lowest BCUT2D eigenvalue weighted by atomic mass is 10.0. The van der Waals surface area contributed by atoms with Gasteiger partial charge in [-0.25, -0.2) is 9.48 Å². The summed E-state index contributed by atoms with van der Waals surface area (Å²) in [5.74, 6) is 1.58. The molecule has 3 heterocycles. The van der Waals surface area contributed by atoms with E-state index >= 15 is 0 Å². The number of carbonyl (C=O) groups excluding carboxylic acids is 1. The van der Waals surface area contributed by atoms with Gasteiger partial charge in [-0.15, -0.1) is 5.10 Å². The molecule has 156 valence electrons. The van der Waals surface area contributed by atoms with E-state index in [-0.39, 0.29) is 5.97 Å². The van der Waals surface area contributed by atoms with Crippen LogP contribution in [-0.4, -0.2) is 27.3 Å². The number of nitrogens with zero attached hydrogens (tertiary/aromatic N) is 3. The quantitative estimate of drug-likeness (QED) is 0.316. The molecule has 0 bridgehead atoms. The Morgan fingerprint density at radius 3 is 2.83 bits per heavy atom. The van der Waals surface area contributed by atoms with Gasteiger partial charge in [0.05, 0.1) is 18.4 Å². The van der Waals surface area contributed by atoms with Crippen LogP contribution < -0.4 is 5.32 Å². The molecule has 4 rings (SSSR count). The number of anilines is 1. The second-order valence-corrected chi connectivity index (χ2v) is 7.95. The second-order valence-electron chi connectivity index (χ2n) is 7.01. The predicted octanol–water partition coefficient (Wildman–Crippen LogP) is 4.80. The Morgan fingerprint density at radius 1 is 1.27 bits per heavy atom. The van der Waals surface area contributed by atoms with Crippen molar-refractivity contribution in [2.75, 3.05) is 11.9 Å². The van der Waals surface area contributed by atoms with Crippen molar-refractivity contribution in [1.82, 2.24) is 14.8 Å². The van der Waals surface area contributed by atoms with Crippen LogP contribution in [0.15, 0.2) is 69.6 Å². The number of unbranched alkanes of at least 4 members (excludes halogenated alkanes) is 1. The van der Waals surface area contributed by atoms with Crippen LogP contribution in [0.3, 0.4) is 0 Å². The Bertz CT molecular complexity index is 1030. The zero-order valence-corrected chi connectivity index (χ0v) is 17.8. The summed E-state index contributed by atoms with van der Waals surface area (Å²) >= 11 is 1.55. The minimum absolute atomic E-state index is 0.366. The Morgan fingerprint density at radius 2 is 2.10 bits per heavy atom. The van der Waals surface area contributed by atoms with Crippen molar-refractivity contribution in [1.29, 1.82) is 0 Å².